The van der Waals surface area contributed by atoms with Crippen LogP contribution in [-0.2, 0) is 9.31 Å². The molecule has 1 aromatic carbocycles. The van der Waals surface area contributed by atoms with Gasteiger partial charge in [-0.25, -0.2) is 0 Å². The zero-order valence-electron chi connectivity index (χ0n) is 10.6. The Kier molecular flexibility index (Phi) is 3.35. The molecule has 2 heterocycles. The van der Waals surface area contributed by atoms with Crippen LogP contribution in [-0.4, -0.2) is 37.6 Å². The van der Waals surface area contributed by atoms with Gasteiger partial charge < -0.3 is 24.9 Å². The van der Waals surface area contributed by atoms with E-state index >= 15 is 0 Å². The summed E-state index contributed by atoms with van der Waals surface area (Å²) in [6.07, 6.45) is -0.223. The lowest BCUT2D eigenvalue weighted by molar-refractivity contribution is -0.0265. The quantitative estimate of drug-likeness (QED) is 0.766. The van der Waals surface area contributed by atoms with E-state index in [2.05, 4.69) is 15.9 Å². The summed E-state index contributed by atoms with van der Waals surface area (Å²) in [5, 5.41) is 9.47. The van der Waals surface area contributed by atoms with Gasteiger partial charge in [0.15, 0.2) is 0 Å². The van der Waals surface area contributed by atoms with Crippen molar-refractivity contribution in [3.05, 3.63) is 22.2 Å². The molecule has 0 saturated carbocycles. The van der Waals surface area contributed by atoms with E-state index in [4.69, 9.17) is 19.8 Å². The molecule has 0 saturated heterocycles. The van der Waals surface area contributed by atoms with Crippen molar-refractivity contribution in [3.8, 4) is 5.75 Å². The van der Waals surface area contributed by atoms with Crippen molar-refractivity contribution in [2.45, 2.75) is 18.6 Å². The normalized spacial score (nSPS) is 28.8. The second-order valence-electron chi connectivity index (χ2n) is 5.08. The highest BCUT2D eigenvalue weighted by molar-refractivity contribution is 9.10. The minimum absolute atomic E-state index is 0.134. The van der Waals surface area contributed by atoms with Gasteiger partial charge in [-0.2, -0.15) is 0 Å². The molecule has 7 heteroatoms. The van der Waals surface area contributed by atoms with Crippen LogP contribution in [0.25, 0.3) is 0 Å². The third-order valence-electron chi connectivity index (χ3n) is 3.51. The van der Waals surface area contributed by atoms with Crippen molar-refractivity contribution in [3.63, 3.8) is 0 Å². The predicted octanol–water partition coefficient (Wildman–Crippen LogP) is 0.334. The third kappa shape index (κ3) is 2.09. The van der Waals surface area contributed by atoms with Gasteiger partial charge in [-0.15, -0.1) is 0 Å². The number of hydrogen-bond donors (Lipinski definition) is 2. The first-order valence-corrected chi connectivity index (χ1v) is 6.96. The van der Waals surface area contributed by atoms with Gasteiger partial charge in [0, 0.05) is 16.5 Å². The van der Waals surface area contributed by atoms with Gasteiger partial charge in [0.05, 0.1) is 12.7 Å². The van der Waals surface area contributed by atoms with Gasteiger partial charge in [0.2, 0.25) is 0 Å². The average molecular weight is 328 g/mol. The molecule has 1 aromatic rings. The maximum absolute atomic E-state index is 9.47. The lowest BCUT2D eigenvalue weighted by atomic mass is 9.77. The molecular weight excluding hydrogens is 313 g/mol. The van der Waals surface area contributed by atoms with E-state index in [1.54, 1.807) is 6.92 Å². The number of ether oxygens (including phenoxy) is 1. The van der Waals surface area contributed by atoms with E-state index in [-0.39, 0.29) is 19.3 Å². The number of aliphatic hydroxyl groups is 1. The lowest BCUT2D eigenvalue weighted by Crippen LogP contribution is -2.45. The molecule has 3 N–H and O–H groups in total. The summed E-state index contributed by atoms with van der Waals surface area (Å²) in [5.41, 5.74) is 6.83. The van der Waals surface area contributed by atoms with Crippen molar-refractivity contribution >= 4 is 28.5 Å². The van der Waals surface area contributed by atoms with Crippen LogP contribution in [0.3, 0.4) is 0 Å². The smallest absolute Gasteiger partial charge is 0.491 e. The number of aliphatic hydroxyl groups excluding tert-OH is 1. The highest BCUT2D eigenvalue weighted by atomic mass is 79.9. The van der Waals surface area contributed by atoms with Crippen LogP contribution in [0.15, 0.2) is 16.6 Å². The monoisotopic (exact) mass is 327 g/mol. The SMILES string of the molecule is C[C@@]1(CO)COc2ccc(Br)c3c2B(O[C@@H]3CN)O1. The molecule has 0 aliphatic carbocycles. The third-order valence-corrected chi connectivity index (χ3v) is 4.20. The Balaban J connectivity index is 2.09. The van der Waals surface area contributed by atoms with Gasteiger partial charge in [0.25, 0.3) is 0 Å². The fraction of sp³-hybridized carbons (Fsp3) is 0.500. The molecule has 2 atom stereocenters. The molecule has 2 aliphatic rings. The molecule has 0 aromatic heterocycles. The van der Waals surface area contributed by atoms with Crippen molar-refractivity contribution in [1.29, 1.82) is 0 Å². The molecule has 0 amide bonds. The van der Waals surface area contributed by atoms with Crippen molar-refractivity contribution in [1.82, 2.24) is 0 Å². The Hall–Kier alpha value is -0.595. The summed E-state index contributed by atoms with van der Waals surface area (Å²) in [6, 6.07) is 3.80. The molecule has 0 unspecified atom stereocenters. The Bertz CT molecular complexity index is 515. The first-order valence-electron chi connectivity index (χ1n) is 6.17. The van der Waals surface area contributed by atoms with E-state index < -0.39 is 12.7 Å². The van der Waals surface area contributed by atoms with Crippen molar-refractivity contribution in [2.75, 3.05) is 19.8 Å². The van der Waals surface area contributed by atoms with Gasteiger partial charge >= 0.3 is 7.12 Å². The molecule has 0 fully saturated rings. The summed E-state index contributed by atoms with van der Waals surface area (Å²) in [5.74, 6) is 0.733. The molecule has 102 valence electrons. The van der Waals surface area contributed by atoms with Gasteiger partial charge in [-0.1, -0.05) is 15.9 Å². The number of rotatable bonds is 2. The van der Waals surface area contributed by atoms with Crippen LogP contribution < -0.4 is 15.9 Å². The molecule has 19 heavy (non-hydrogen) atoms. The highest BCUT2D eigenvalue weighted by Crippen LogP contribution is 2.36. The van der Waals surface area contributed by atoms with Crippen molar-refractivity contribution < 1.29 is 19.2 Å². The topological polar surface area (TPSA) is 73.9 Å². The first kappa shape index (κ1) is 13.4. The van der Waals surface area contributed by atoms with E-state index in [0.29, 0.717) is 6.54 Å². The van der Waals surface area contributed by atoms with Gasteiger partial charge in [0.1, 0.15) is 18.0 Å². The number of hydrogen-bond acceptors (Lipinski definition) is 5. The average Bonchev–Trinajstić information content (AvgIpc) is 2.70. The zero-order chi connectivity index (χ0) is 13.6. The van der Waals surface area contributed by atoms with E-state index in [1.807, 2.05) is 12.1 Å². The fourth-order valence-corrected chi connectivity index (χ4v) is 3.04. The van der Waals surface area contributed by atoms with Crippen LogP contribution in [0, 0.1) is 0 Å². The van der Waals surface area contributed by atoms with Crippen LogP contribution in [0.5, 0.6) is 5.75 Å². The minimum Gasteiger partial charge on any atom is -0.491 e. The summed E-state index contributed by atoms with van der Waals surface area (Å²) in [6.45, 7) is 2.31. The molecular formula is C12H15BBrNO4. The Morgan fingerprint density at radius 3 is 3.05 bits per heavy atom. The second-order valence-corrected chi connectivity index (χ2v) is 5.93. The molecule has 3 rings (SSSR count). The van der Waals surface area contributed by atoms with E-state index in [0.717, 1.165) is 21.2 Å². The maximum atomic E-state index is 9.47. The van der Waals surface area contributed by atoms with Crippen molar-refractivity contribution in [2.24, 2.45) is 5.73 Å². The predicted molar refractivity (Wildman–Crippen MR) is 74.5 cm³/mol. The van der Waals surface area contributed by atoms with Crippen LogP contribution in [0.2, 0.25) is 0 Å². The van der Waals surface area contributed by atoms with E-state index in [9.17, 15) is 5.11 Å². The largest absolute Gasteiger partial charge is 0.499 e. The number of nitrogens with two attached hydrogens (primary N) is 1. The van der Waals surface area contributed by atoms with Crippen LogP contribution in [0.4, 0.5) is 0 Å². The molecule has 5 nitrogen and oxygen atoms in total. The molecule has 0 radical (unpaired) electrons. The number of benzene rings is 1. The van der Waals surface area contributed by atoms with Gasteiger partial charge in [-0.3, -0.25) is 0 Å². The highest BCUT2D eigenvalue weighted by Gasteiger charge is 2.47. The first-order chi connectivity index (χ1) is 9.08. The Morgan fingerprint density at radius 2 is 2.37 bits per heavy atom. The Morgan fingerprint density at radius 1 is 1.58 bits per heavy atom. The lowest BCUT2D eigenvalue weighted by Gasteiger charge is -2.27. The van der Waals surface area contributed by atoms with E-state index in [1.165, 1.54) is 0 Å². The standard InChI is InChI=1S/C12H15BBrNO4/c1-12(5-16)6-17-8-3-2-7(14)10-9(4-15)18-13(19-12)11(8)10/h2-3,9,16H,4-6,15H2,1H3/t9-,12-/m1/s1. The van der Waals surface area contributed by atoms with Crippen LogP contribution in [0.1, 0.15) is 18.6 Å². The fourth-order valence-electron chi connectivity index (χ4n) is 2.44. The number of halogens is 1. The second kappa shape index (κ2) is 4.75. The molecule has 0 bridgehead atoms. The van der Waals surface area contributed by atoms with Gasteiger partial charge in [-0.05, 0) is 24.6 Å². The summed E-state index contributed by atoms with van der Waals surface area (Å²) in [4.78, 5) is 0. The maximum Gasteiger partial charge on any atom is 0.499 e. The zero-order valence-corrected chi connectivity index (χ0v) is 12.1. The molecule has 2 aliphatic heterocycles. The molecule has 0 spiro atoms. The summed E-state index contributed by atoms with van der Waals surface area (Å²) in [7, 11) is -0.546. The summed E-state index contributed by atoms with van der Waals surface area (Å²) < 4.78 is 18.4. The minimum atomic E-state index is -0.781. The van der Waals surface area contributed by atoms with Crippen LogP contribution >= 0.6 is 15.9 Å². The summed E-state index contributed by atoms with van der Waals surface area (Å²) >= 11 is 3.52. The Labute approximate surface area is 120 Å².